The molecule has 0 radical (unpaired) electrons. The van der Waals surface area contributed by atoms with E-state index in [1.54, 1.807) is 22.7 Å². The highest BCUT2D eigenvalue weighted by atomic mass is 79.9. The van der Waals surface area contributed by atoms with E-state index in [0.29, 0.717) is 6.04 Å². The molecule has 16 heavy (non-hydrogen) atoms. The summed E-state index contributed by atoms with van der Waals surface area (Å²) in [6.07, 6.45) is 2.82. The summed E-state index contributed by atoms with van der Waals surface area (Å²) in [5.74, 6) is 0. The van der Waals surface area contributed by atoms with Gasteiger partial charge in [0.25, 0.3) is 0 Å². The highest BCUT2D eigenvalue weighted by Crippen LogP contribution is 2.23. The topological polar surface area (TPSA) is 37.8 Å². The summed E-state index contributed by atoms with van der Waals surface area (Å²) in [5.41, 5.74) is 3.03. The summed E-state index contributed by atoms with van der Waals surface area (Å²) in [5, 5.41) is 6.65. The highest BCUT2D eigenvalue weighted by Gasteiger charge is 2.08. The molecule has 0 aromatic carbocycles. The third kappa shape index (κ3) is 3.35. The van der Waals surface area contributed by atoms with Crippen molar-refractivity contribution >= 4 is 38.6 Å². The van der Waals surface area contributed by atoms with Gasteiger partial charge in [-0.2, -0.15) is 0 Å². The number of hydrogen-bond donors (Lipinski definition) is 1. The Kier molecular flexibility index (Phi) is 4.45. The van der Waals surface area contributed by atoms with Crippen LogP contribution in [0.15, 0.2) is 20.9 Å². The van der Waals surface area contributed by atoms with Crippen LogP contribution in [0.1, 0.15) is 23.7 Å². The first-order chi connectivity index (χ1) is 7.75. The number of aromatic nitrogens is 2. The van der Waals surface area contributed by atoms with Gasteiger partial charge in [-0.05, 0) is 22.9 Å². The van der Waals surface area contributed by atoms with Crippen molar-refractivity contribution in [2.24, 2.45) is 0 Å². The third-order valence-corrected chi connectivity index (χ3v) is 4.48. The molecule has 0 saturated carbocycles. The normalized spacial score (nSPS) is 12.9. The van der Waals surface area contributed by atoms with Crippen molar-refractivity contribution in [2.45, 2.75) is 19.4 Å². The minimum atomic E-state index is 0.301. The Hall–Kier alpha value is -0.300. The average molecular weight is 318 g/mol. The molecular formula is C10H12BrN3S2. The molecule has 0 amide bonds. The Morgan fingerprint density at radius 3 is 3.00 bits per heavy atom. The van der Waals surface area contributed by atoms with E-state index in [4.69, 9.17) is 0 Å². The largest absolute Gasteiger partial charge is 0.308 e. The van der Waals surface area contributed by atoms with Crippen LogP contribution in [0.4, 0.5) is 0 Å². The summed E-state index contributed by atoms with van der Waals surface area (Å²) in [4.78, 5) is 8.57. The molecule has 2 aromatic heterocycles. The molecule has 0 saturated heterocycles. The molecule has 0 aliphatic carbocycles. The first-order valence-corrected chi connectivity index (χ1v) is 7.52. The molecule has 2 heterocycles. The Balaban J connectivity index is 1.78. The minimum absolute atomic E-state index is 0.301. The number of nitrogens with one attached hydrogen (secondary N) is 1. The predicted molar refractivity (Wildman–Crippen MR) is 72.0 cm³/mol. The van der Waals surface area contributed by atoms with Crippen LogP contribution in [-0.2, 0) is 6.42 Å². The third-order valence-electron chi connectivity index (χ3n) is 2.18. The Morgan fingerprint density at radius 2 is 2.38 bits per heavy atom. The lowest BCUT2D eigenvalue weighted by Gasteiger charge is -2.09. The van der Waals surface area contributed by atoms with Gasteiger partial charge < -0.3 is 5.32 Å². The summed E-state index contributed by atoms with van der Waals surface area (Å²) in [6, 6.07) is 0.301. The molecule has 1 atom stereocenters. The zero-order valence-corrected chi connectivity index (χ0v) is 12.0. The quantitative estimate of drug-likeness (QED) is 0.919. The lowest BCUT2D eigenvalue weighted by molar-refractivity contribution is 0.572. The molecule has 0 spiro atoms. The standard InChI is InChI=1S/C10H12BrN3S2/c1-7(10-13-4-9(11)16-10)12-3-2-8-5-15-6-14-8/h4-7,12H,2-3H2,1H3. The predicted octanol–water partition coefficient (Wildman–Crippen LogP) is 3.26. The summed E-state index contributed by atoms with van der Waals surface area (Å²) in [7, 11) is 0. The zero-order chi connectivity index (χ0) is 11.4. The van der Waals surface area contributed by atoms with Gasteiger partial charge in [-0.25, -0.2) is 9.97 Å². The van der Waals surface area contributed by atoms with Crippen LogP contribution < -0.4 is 5.32 Å². The zero-order valence-electron chi connectivity index (χ0n) is 8.81. The van der Waals surface area contributed by atoms with Crippen molar-refractivity contribution in [3.05, 3.63) is 31.6 Å². The molecular weight excluding hydrogens is 306 g/mol. The number of rotatable bonds is 5. The summed E-state index contributed by atoms with van der Waals surface area (Å²) in [6.45, 7) is 3.06. The molecule has 2 aromatic rings. The van der Waals surface area contributed by atoms with Gasteiger partial charge in [0.1, 0.15) is 5.01 Å². The van der Waals surface area contributed by atoms with Gasteiger partial charge in [0.05, 0.1) is 27.2 Å². The van der Waals surface area contributed by atoms with E-state index >= 15 is 0 Å². The van der Waals surface area contributed by atoms with Crippen LogP contribution in [-0.4, -0.2) is 16.5 Å². The Morgan fingerprint density at radius 1 is 1.50 bits per heavy atom. The van der Waals surface area contributed by atoms with E-state index < -0.39 is 0 Å². The Bertz CT molecular complexity index is 427. The maximum Gasteiger partial charge on any atom is 0.110 e. The first kappa shape index (κ1) is 12.2. The van der Waals surface area contributed by atoms with Crippen LogP contribution in [0.3, 0.4) is 0 Å². The van der Waals surface area contributed by atoms with Crippen LogP contribution >= 0.6 is 38.6 Å². The van der Waals surface area contributed by atoms with E-state index in [1.165, 1.54) is 0 Å². The first-order valence-electron chi connectivity index (χ1n) is 4.97. The smallest absolute Gasteiger partial charge is 0.110 e. The average Bonchev–Trinajstić information content (AvgIpc) is 2.89. The van der Waals surface area contributed by atoms with Gasteiger partial charge in [-0.1, -0.05) is 0 Å². The second-order valence-electron chi connectivity index (χ2n) is 3.41. The van der Waals surface area contributed by atoms with Crippen LogP contribution in [0.5, 0.6) is 0 Å². The van der Waals surface area contributed by atoms with Crippen molar-refractivity contribution in [2.75, 3.05) is 6.54 Å². The van der Waals surface area contributed by atoms with Crippen molar-refractivity contribution in [1.29, 1.82) is 0 Å². The number of thiazole rings is 2. The van der Waals surface area contributed by atoms with Gasteiger partial charge >= 0.3 is 0 Å². The van der Waals surface area contributed by atoms with E-state index in [2.05, 4.69) is 43.5 Å². The second-order valence-corrected chi connectivity index (χ2v) is 6.57. The van der Waals surface area contributed by atoms with Crippen LogP contribution in [0.25, 0.3) is 0 Å². The van der Waals surface area contributed by atoms with E-state index in [-0.39, 0.29) is 0 Å². The number of halogens is 1. The van der Waals surface area contributed by atoms with Gasteiger partial charge in [0.15, 0.2) is 0 Å². The molecule has 3 nitrogen and oxygen atoms in total. The summed E-state index contributed by atoms with van der Waals surface area (Å²) < 4.78 is 1.08. The molecule has 1 unspecified atom stereocenters. The van der Waals surface area contributed by atoms with Crippen molar-refractivity contribution in [1.82, 2.24) is 15.3 Å². The fraction of sp³-hybridized carbons (Fsp3) is 0.400. The second kappa shape index (κ2) is 5.86. The fourth-order valence-electron chi connectivity index (χ4n) is 1.33. The van der Waals surface area contributed by atoms with Gasteiger partial charge in [-0.15, -0.1) is 22.7 Å². The molecule has 2 rings (SSSR count). The lowest BCUT2D eigenvalue weighted by atomic mass is 10.3. The van der Waals surface area contributed by atoms with Crippen LogP contribution in [0, 0.1) is 0 Å². The molecule has 0 fully saturated rings. The monoisotopic (exact) mass is 317 g/mol. The summed E-state index contributed by atoms with van der Waals surface area (Å²) >= 11 is 6.74. The number of nitrogens with zero attached hydrogens (tertiary/aromatic N) is 2. The fourth-order valence-corrected chi connectivity index (χ4v) is 3.20. The molecule has 1 N–H and O–H groups in total. The maximum atomic E-state index is 4.33. The van der Waals surface area contributed by atoms with Crippen LogP contribution in [0.2, 0.25) is 0 Å². The van der Waals surface area contributed by atoms with Gasteiger partial charge in [0, 0.05) is 18.3 Å². The van der Waals surface area contributed by atoms with E-state index in [1.807, 2.05) is 11.7 Å². The lowest BCUT2D eigenvalue weighted by Crippen LogP contribution is -2.21. The molecule has 86 valence electrons. The Labute approximate surface area is 111 Å². The molecule has 0 aliphatic rings. The molecule has 0 aliphatic heterocycles. The highest BCUT2D eigenvalue weighted by molar-refractivity contribution is 9.11. The van der Waals surface area contributed by atoms with Crippen molar-refractivity contribution < 1.29 is 0 Å². The van der Waals surface area contributed by atoms with E-state index in [0.717, 1.165) is 27.5 Å². The SMILES string of the molecule is CC(NCCc1cscn1)c1ncc(Br)s1. The number of hydrogen-bond acceptors (Lipinski definition) is 5. The van der Waals surface area contributed by atoms with Gasteiger partial charge in [0.2, 0.25) is 0 Å². The molecule has 6 heteroatoms. The van der Waals surface area contributed by atoms with Crippen molar-refractivity contribution in [3.63, 3.8) is 0 Å². The maximum absolute atomic E-state index is 4.33. The molecule has 0 bridgehead atoms. The van der Waals surface area contributed by atoms with E-state index in [9.17, 15) is 0 Å². The van der Waals surface area contributed by atoms with Gasteiger partial charge in [-0.3, -0.25) is 0 Å². The van der Waals surface area contributed by atoms with Crippen molar-refractivity contribution in [3.8, 4) is 0 Å². The minimum Gasteiger partial charge on any atom is -0.308 e.